The van der Waals surface area contributed by atoms with Crippen LogP contribution in [0, 0.1) is 12.3 Å². The molecule has 1 aromatic carbocycles. The van der Waals surface area contributed by atoms with Gasteiger partial charge in [-0.2, -0.15) is 4.99 Å². The van der Waals surface area contributed by atoms with Crippen LogP contribution in [0.15, 0.2) is 23.2 Å². The molecule has 5 heteroatoms. The molecule has 2 amide bonds. The largest absolute Gasteiger partial charge is 0.273 e. The number of aryl methyl sites for hydroxylation is 1. The summed E-state index contributed by atoms with van der Waals surface area (Å²) >= 11 is 0. The summed E-state index contributed by atoms with van der Waals surface area (Å²) in [5.41, 5.74) is 0.824. The van der Waals surface area contributed by atoms with E-state index in [9.17, 15) is 14.4 Å². The molecule has 116 valence electrons. The quantitative estimate of drug-likeness (QED) is 0.350. The van der Waals surface area contributed by atoms with Gasteiger partial charge in [0.1, 0.15) is 5.41 Å². The van der Waals surface area contributed by atoms with Crippen molar-refractivity contribution in [1.29, 1.82) is 0 Å². The number of aliphatic imine (C=N–C) groups is 1. The third-order valence-corrected chi connectivity index (χ3v) is 4.39. The van der Waals surface area contributed by atoms with E-state index < -0.39 is 5.41 Å². The molecule has 0 saturated carbocycles. The van der Waals surface area contributed by atoms with Crippen molar-refractivity contribution in [2.75, 3.05) is 4.90 Å². The second-order valence-electron chi connectivity index (χ2n) is 5.66. The Morgan fingerprint density at radius 3 is 2.45 bits per heavy atom. The molecule has 0 aliphatic carbocycles. The normalized spacial score (nSPS) is 16.2. The molecular weight excluding hydrogens is 280 g/mol. The summed E-state index contributed by atoms with van der Waals surface area (Å²) in [6.45, 7) is 5.74. The molecule has 1 aliphatic heterocycles. The van der Waals surface area contributed by atoms with E-state index in [1.807, 2.05) is 20.8 Å². The topological polar surface area (TPSA) is 66.8 Å². The maximum atomic E-state index is 12.7. The zero-order chi connectivity index (χ0) is 16.3. The number of rotatable bonds is 6. The van der Waals surface area contributed by atoms with Gasteiger partial charge in [0.15, 0.2) is 0 Å². The number of anilines is 1. The van der Waals surface area contributed by atoms with Crippen molar-refractivity contribution in [2.24, 2.45) is 10.4 Å². The zero-order valence-electron chi connectivity index (χ0n) is 13.2. The lowest BCUT2D eigenvalue weighted by Crippen LogP contribution is -2.66. The van der Waals surface area contributed by atoms with E-state index in [2.05, 4.69) is 4.99 Å². The van der Waals surface area contributed by atoms with Crippen molar-refractivity contribution in [1.82, 2.24) is 0 Å². The number of amides is 2. The fourth-order valence-corrected chi connectivity index (χ4v) is 2.91. The van der Waals surface area contributed by atoms with Gasteiger partial charge in [-0.3, -0.25) is 9.59 Å². The van der Waals surface area contributed by atoms with Gasteiger partial charge in [0.2, 0.25) is 17.9 Å². The van der Waals surface area contributed by atoms with Gasteiger partial charge in [-0.15, -0.1) is 0 Å². The van der Waals surface area contributed by atoms with Crippen LogP contribution < -0.4 is 4.90 Å². The number of nitrogens with zero attached hydrogens (tertiary/aromatic N) is 2. The van der Waals surface area contributed by atoms with Crippen LogP contribution in [-0.2, 0) is 14.4 Å². The van der Waals surface area contributed by atoms with Crippen LogP contribution in [0.2, 0.25) is 0 Å². The maximum absolute atomic E-state index is 12.7. The molecule has 1 aliphatic rings. The molecule has 0 unspecified atom stereocenters. The van der Waals surface area contributed by atoms with Gasteiger partial charge in [0, 0.05) is 0 Å². The number of imide groups is 1. The maximum Gasteiger partial charge on any atom is 0.249 e. The van der Waals surface area contributed by atoms with E-state index >= 15 is 0 Å². The van der Waals surface area contributed by atoms with Crippen LogP contribution >= 0.6 is 0 Å². The molecule has 0 atom stereocenters. The molecule has 0 bridgehead atoms. The number of unbranched alkanes of at least 4 members (excludes halogenated alkanes) is 1. The summed E-state index contributed by atoms with van der Waals surface area (Å²) in [6.07, 6.45) is 4.39. The van der Waals surface area contributed by atoms with Gasteiger partial charge in [-0.05, 0) is 37.5 Å². The van der Waals surface area contributed by atoms with Gasteiger partial charge in [0.25, 0.3) is 0 Å². The number of hydrogen-bond donors (Lipinski definition) is 0. The number of carbonyl (C=O) groups is 2. The fourth-order valence-electron chi connectivity index (χ4n) is 2.91. The van der Waals surface area contributed by atoms with Gasteiger partial charge < -0.3 is 0 Å². The summed E-state index contributed by atoms with van der Waals surface area (Å²) in [7, 11) is 0. The highest BCUT2D eigenvalue weighted by Gasteiger charge is 2.59. The number of benzene rings is 1. The molecule has 1 fully saturated rings. The first-order valence-corrected chi connectivity index (χ1v) is 7.59. The van der Waals surface area contributed by atoms with Crippen molar-refractivity contribution >= 4 is 29.3 Å². The molecule has 22 heavy (non-hydrogen) atoms. The Morgan fingerprint density at radius 1 is 1.23 bits per heavy atom. The predicted octanol–water partition coefficient (Wildman–Crippen LogP) is 3.42. The predicted molar refractivity (Wildman–Crippen MR) is 83.7 cm³/mol. The summed E-state index contributed by atoms with van der Waals surface area (Å²) in [5, 5.41) is 0. The minimum atomic E-state index is -0.869. The van der Waals surface area contributed by atoms with Gasteiger partial charge >= 0.3 is 0 Å². The first-order chi connectivity index (χ1) is 10.5. The van der Waals surface area contributed by atoms with Crippen molar-refractivity contribution in [3.63, 3.8) is 0 Å². The Morgan fingerprint density at radius 2 is 1.91 bits per heavy atom. The number of carbonyl (C=O) groups excluding carboxylic acids is 3. The van der Waals surface area contributed by atoms with Crippen LogP contribution in [0.3, 0.4) is 0 Å². The van der Waals surface area contributed by atoms with Crippen molar-refractivity contribution in [2.45, 2.75) is 46.5 Å². The molecule has 2 rings (SSSR count). The lowest BCUT2D eigenvalue weighted by atomic mass is 9.71. The molecule has 0 aromatic heterocycles. The van der Waals surface area contributed by atoms with Crippen LogP contribution in [0.4, 0.5) is 11.4 Å². The highest BCUT2D eigenvalue weighted by atomic mass is 16.2. The van der Waals surface area contributed by atoms with E-state index in [-0.39, 0.29) is 11.8 Å². The number of hydrogen-bond acceptors (Lipinski definition) is 4. The minimum Gasteiger partial charge on any atom is -0.273 e. The van der Waals surface area contributed by atoms with Crippen molar-refractivity contribution < 1.29 is 14.4 Å². The van der Waals surface area contributed by atoms with Gasteiger partial charge in [-0.1, -0.05) is 32.8 Å². The smallest absolute Gasteiger partial charge is 0.249 e. The molecule has 1 aromatic rings. The monoisotopic (exact) mass is 300 g/mol. The highest BCUT2D eigenvalue weighted by Crippen LogP contribution is 2.45. The fraction of sp³-hybridized carbons (Fsp3) is 0.471. The highest BCUT2D eigenvalue weighted by molar-refractivity contribution is 6.36. The second-order valence-corrected chi connectivity index (χ2v) is 5.66. The summed E-state index contributed by atoms with van der Waals surface area (Å²) in [4.78, 5) is 40.5. The number of β-lactam (4-membered cyclic amide) rings is 2. The van der Waals surface area contributed by atoms with E-state index in [1.165, 1.54) is 11.0 Å². The molecular formula is C17H20N2O3. The molecule has 0 N–H and O–H groups in total. The lowest BCUT2D eigenvalue weighted by Gasteiger charge is -2.46. The van der Waals surface area contributed by atoms with Gasteiger partial charge in [0.05, 0.1) is 11.4 Å². The summed E-state index contributed by atoms with van der Waals surface area (Å²) < 4.78 is 0. The van der Waals surface area contributed by atoms with Crippen LogP contribution in [0.1, 0.15) is 45.1 Å². The van der Waals surface area contributed by atoms with Crippen LogP contribution in [0.5, 0.6) is 0 Å². The molecule has 5 nitrogen and oxygen atoms in total. The summed E-state index contributed by atoms with van der Waals surface area (Å²) in [6, 6.07) is 4.97. The van der Waals surface area contributed by atoms with Crippen LogP contribution in [-0.4, -0.2) is 17.9 Å². The Hall–Kier alpha value is -2.26. The molecule has 0 radical (unpaired) electrons. The zero-order valence-corrected chi connectivity index (χ0v) is 13.2. The Balaban J connectivity index is 2.36. The third-order valence-electron chi connectivity index (χ3n) is 4.39. The van der Waals surface area contributed by atoms with Gasteiger partial charge in [-0.25, -0.2) is 9.69 Å². The SMILES string of the molecule is CCCCC1(CC)C(=O)N(c2cc(N=C=O)ccc2C)C1=O. The van der Waals surface area contributed by atoms with E-state index in [0.717, 1.165) is 18.4 Å². The van der Waals surface area contributed by atoms with Crippen molar-refractivity contribution in [3.8, 4) is 0 Å². The van der Waals surface area contributed by atoms with E-state index in [1.54, 1.807) is 18.2 Å². The average Bonchev–Trinajstić information content (AvgIpc) is 2.52. The van der Waals surface area contributed by atoms with E-state index in [4.69, 9.17) is 0 Å². The second kappa shape index (κ2) is 6.24. The lowest BCUT2D eigenvalue weighted by molar-refractivity contribution is -0.153. The molecule has 1 saturated heterocycles. The standard InChI is InChI=1S/C17H20N2O3/c1-4-6-9-17(5-2)15(21)19(16(17)22)14-10-13(18-11-20)8-7-12(14)3/h7-8,10H,4-6,9H2,1-3H3. The molecule has 1 heterocycles. The Labute approximate surface area is 130 Å². The summed E-state index contributed by atoms with van der Waals surface area (Å²) in [5.74, 6) is -0.299. The minimum absolute atomic E-state index is 0.149. The Bertz CT molecular complexity index is 644. The third kappa shape index (κ3) is 2.38. The Kier molecular flexibility index (Phi) is 4.57. The van der Waals surface area contributed by atoms with Crippen molar-refractivity contribution in [3.05, 3.63) is 23.8 Å². The van der Waals surface area contributed by atoms with Crippen LogP contribution in [0.25, 0.3) is 0 Å². The first-order valence-electron chi connectivity index (χ1n) is 7.59. The molecule has 0 spiro atoms. The average molecular weight is 300 g/mol. The number of isocyanates is 1. The van der Waals surface area contributed by atoms with E-state index in [0.29, 0.717) is 24.2 Å². The first kappa shape index (κ1) is 16.1.